The Kier molecular flexibility index (Phi) is 3.59. The van der Waals surface area contributed by atoms with Crippen LogP contribution in [0.4, 0.5) is 4.79 Å². The van der Waals surface area contributed by atoms with E-state index < -0.39 is 5.60 Å². The van der Waals surface area contributed by atoms with Crippen molar-refractivity contribution in [1.82, 2.24) is 14.9 Å². The van der Waals surface area contributed by atoms with E-state index in [-0.39, 0.29) is 17.6 Å². The van der Waals surface area contributed by atoms with Crippen LogP contribution in [0.2, 0.25) is 0 Å². The number of amides is 1. The first-order valence-electron chi connectivity index (χ1n) is 7.84. The Morgan fingerprint density at radius 3 is 2.55 bits per heavy atom. The lowest BCUT2D eigenvalue weighted by molar-refractivity contribution is 0.00783. The third-order valence-corrected chi connectivity index (χ3v) is 4.69. The molecule has 0 aromatic carbocycles. The Labute approximate surface area is 131 Å². The molecule has 1 atom stereocenters. The molecular formula is C16H24N4O2. The summed E-state index contributed by atoms with van der Waals surface area (Å²) >= 11 is 0. The van der Waals surface area contributed by atoms with E-state index in [2.05, 4.69) is 9.97 Å². The van der Waals surface area contributed by atoms with Crippen LogP contribution < -0.4 is 5.73 Å². The molecule has 1 aromatic rings. The highest BCUT2D eigenvalue weighted by molar-refractivity contribution is 5.68. The number of carbonyl (C=O) groups excluding carboxylic acids is 1. The number of hydrogen-bond donors (Lipinski definition) is 1. The average Bonchev–Trinajstić information content (AvgIpc) is 2.71. The SMILES string of the molecule is CC(C)(C)OC(=O)N1CCC2(CC1)Cc1nccnc1C2N. The van der Waals surface area contributed by atoms with Crippen molar-refractivity contribution in [3.63, 3.8) is 0 Å². The molecule has 0 bridgehead atoms. The van der Waals surface area contributed by atoms with Gasteiger partial charge in [0.15, 0.2) is 0 Å². The van der Waals surface area contributed by atoms with Crippen molar-refractivity contribution in [3.8, 4) is 0 Å². The molecule has 6 nitrogen and oxygen atoms in total. The number of aromatic nitrogens is 2. The number of piperidine rings is 1. The van der Waals surface area contributed by atoms with Crippen molar-refractivity contribution in [2.24, 2.45) is 11.1 Å². The summed E-state index contributed by atoms with van der Waals surface area (Å²) in [5.74, 6) is 0. The van der Waals surface area contributed by atoms with E-state index in [9.17, 15) is 4.79 Å². The first-order valence-corrected chi connectivity index (χ1v) is 7.84. The van der Waals surface area contributed by atoms with Crippen molar-refractivity contribution in [2.45, 2.75) is 51.7 Å². The second kappa shape index (κ2) is 5.19. The molecule has 1 spiro atoms. The molecular weight excluding hydrogens is 280 g/mol. The quantitative estimate of drug-likeness (QED) is 0.793. The normalized spacial score (nSPS) is 23.5. The minimum absolute atomic E-state index is 0.0117. The summed E-state index contributed by atoms with van der Waals surface area (Å²) in [5.41, 5.74) is 7.91. The summed E-state index contributed by atoms with van der Waals surface area (Å²) in [6, 6.07) is -0.0861. The maximum Gasteiger partial charge on any atom is 0.410 e. The number of likely N-dealkylation sites (tertiary alicyclic amines) is 1. The van der Waals surface area contributed by atoms with E-state index >= 15 is 0 Å². The molecule has 120 valence electrons. The minimum atomic E-state index is -0.458. The second-order valence-electron chi connectivity index (χ2n) is 7.37. The zero-order chi connectivity index (χ0) is 16.0. The highest BCUT2D eigenvalue weighted by atomic mass is 16.6. The fourth-order valence-corrected chi connectivity index (χ4v) is 3.46. The molecule has 1 aliphatic carbocycles. The molecule has 0 saturated carbocycles. The lowest BCUT2D eigenvalue weighted by atomic mass is 9.73. The van der Waals surface area contributed by atoms with Gasteiger partial charge in [-0.25, -0.2) is 4.79 Å². The fraction of sp³-hybridized carbons (Fsp3) is 0.688. The number of nitrogens with two attached hydrogens (primary N) is 1. The third-order valence-electron chi connectivity index (χ3n) is 4.69. The average molecular weight is 304 g/mol. The first-order chi connectivity index (χ1) is 10.3. The van der Waals surface area contributed by atoms with Crippen LogP contribution >= 0.6 is 0 Å². The van der Waals surface area contributed by atoms with Crippen LogP contribution in [0.5, 0.6) is 0 Å². The van der Waals surface area contributed by atoms with E-state index in [1.807, 2.05) is 20.8 Å². The van der Waals surface area contributed by atoms with Gasteiger partial charge in [-0.1, -0.05) is 0 Å². The second-order valence-corrected chi connectivity index (χ2v) is 7.37. The Morgan fingerprint density at radius 1 is 1.32 bits per heavy atom. The van der Waals surface area contributed by atoms with Gasteiger partial charge >= 0.3 is 6.09 Å². The van der Waals surface area contributed by atoms with Gasteiger partial charge in [0.1, 0.15) is 5.60 Å². The van der Waals surface area contributed by atoms with E-state index in [0.717, 1.165) is 30.7 Å². The number of hydrogen-bond acceptors (Lipinski definition) is 5. The van der Waals surface area contributed by atoms with Crippen LogP contribution in [0.15, 0.2) is 12.4 Å². The topological polar surface area (TPSA) is 81.3 Å². The lowest BCUT2D eigenvalue weighted by Crippen LogP contribution is -2.47. The van der Waals surface area contributed by atoms with Crippen molar-refractivity contribution >= 4 is 6.09 Å². The van der Waals surface area contributed by atoms with Crippen LogP contribution in [-0.4, -0.2) is 39.7 Å². The summed E-state index contributed by atoms with van der Waals surface area (Å²) in [6.07, 6.45) is 5.78. The molecule has 0 radical (unpaired) electrons. The van der Waals surface area contributed by atoms with Gasteiger partial charge in [-0.05, 0) is 40.0 Å². The Hall–Kier alpha value is -1.69. The molecule has 2 N–H and O–H groups in total. The highest BCUT2D eigenvalue weighted by Gasteiger charge is 2.48. The number of carbonyl (C=O) groups is 1. The molecule has 22 heavy (non-hydrogen) atoms. The van der Waals surface area contributed by atoms with Crippen LogP contribution in [0.3, 0.4) is 0 Å². The van der Waals surface area contributed by atoms with Gasteiger partial charge in [-0.15, -0.1) is 0 Å². The number of rotatable bonds is 0. The molecule has 2 aliphatic rings. The van der Waals surface area contributed by atoms with E-state index in [4.69, 9.17) is 10.5 Å². The number of fused-ring (bicyclic) bond motifs is 1. The molecule has 3 rings (SSSR count). The van der Waals surface area contributed by atoms with Crippen LogP contribution in [0.25, 0.3) is 0 Å². The van der Waals surface area contributed by atoms with Crippen molar-refractivity contribution in [3.05, 3.63) is 23.8 Å². The van der Waals surface area contributed by atoms with E-state index in [0.29, 0.717) is 13.1 Å². The maximum absolute atomic E-state index is 12.2. The van der Waals surface area contributed by atoms with Crippen molar-refractivity contribution in [1.29, 1.82) is 0 Å². The Balaban J connectivity index is 1.67. The van der Waals surface area contributed by atoms with Gasteiger partial charge in [0.05, 0.1) is 17.4 Å². The Bertz CT molecular complexity index is 574. The molecule has 1 unspecified atom stereocenters. The molecule has 1 aromatic heterocycles. The molecule has 1 fully saturated rings. The van der Waals surface area contributed by atoms with Gasteiger partial charge in [0, 0.05) is 30.9 Å². The van der Waals surface area contributed by atoms with Gasteiger partial charge in [-0.2, -0.15) is 0 Å². The van der Waals surface area contributed by atoms with Crippen LogP contribution in [-0.2, 0) is 11.2 Å². The smallest absolute Gasteiger partial charge is 0.410 e. The van der Waals surface area contributed by atoms with Crippen LogP contribution in [0.1, 0.15) is 51.0 Å². The predicted molar refractivity (Wildman–Crippen MR) is 82.1 cm³/mol. The summed E-state index contributed by atoms with van der Waals surface area (Å²) in [5, 5.41) is 0. The lowest BCUT2D eigenvalue weighted by Gasteiger charge is -2.41. The summed E-state index contributed by atoms with van der Waals surface area (Å²) in [4.78, 5) is 22.8. The van der Waals surface area contributed by atoms with Crippen LogP contribution in [0, 0.1) is 5.41 Å². The maximum atomic E-state index is 12.2. The van der Waals surface area contributed by atoms with Gasteiger partial charge < -0.3 is 15.4 Å². The molecule has 1 amide bonds. The largest absolute Gasteiger partial charge is 0.444 e. The number of ether oxygens (including phenoxy) is 1. The van der Waals surface area contributed by atoms with E-state index in [1.165, 1.54) is 0 Å². The van der Waals surface area contributed by atoms with Gasteiger partial charge in [0.2, 0.25) is 0 Å². The summed E-state index contributed by atoms with van der Waals surface area (Å²) in [7, 11) is 0. The first kappa shape index (κ1) is 15.2. The zero-order valence-electron chi connectivity index (χ0n) is 13.5. The molecule has 1 aliphatic heterocycles. The highest BCUT2D eigenvalue weighted by Crippen LogP contribution is 2.49. The molecule has 1 saturated heterocycles. The molecule has 6 heteroatoms. The van der Waals surface area contributed by atoms with Crippen molar-refractivity contribution < 1.29 is 9.53 Å². The van der Waals surface area contributed by atoms with Gasteiger partial charge in [-0.3, -0.25) is 9.97 Å². The monoisotopic (exact) mass is 304 g/mol. The fourth-order valence-electron chi connectivity index (χ4n) is 3.46. The summed E-state index contributed by atoms with van der Waals surface area (Å²) < 4.78 is 5.45. The van der Waals surface area contributed by atoms with Gasteiger partial charge in [0.25, 0.3) is 0 Å². The molecule has 2 heterocycles. The minimum Gasteiger partial charge on any atom is -0.444 e. The third kappa shape index (κ3) is 2.67. The van der Waals surface area contributed by atoms with Crippen molar-refractivity contribution in [2.75, 3.05) is 13.1 Å². The van der Waals surface area contributed by atoms with E-state index in [1.54, 1.807) is 17.3 Å². The zero-order valence-corrected chi connectivity index (χ0v) is 13.5. The summed E-state index contributed by atoms with van der Waals surface area (Å²) in [6.45, 7) is 7.01. The predicted octanol–water partition coefficient (Wildman–Crippen LogP) is 2.05. The standard InChI is InChI=1S/C16H24N4O2/c1-15(2,3)22-14(21)20-8-4-16(5-9-20)10-11-12(13(16)17)19-7-6-18-11/h6-7,13H,4-5,8-10,17H2,1-3H3. The number of nitrogens with zero attached hydrogens (tertiary/aromatic N) is 3. The Morgan fingerprint density at radius 2 is 1.95 bits per heavy atom.